The number of carbonyl (C=O) groups is 1. The molecular weight excluding hydrogens is 316 g/mol. The Balaban J connectivity index is 2.07. The molecule has 0 atom stereocenters. The summed E-state index contributed by atoms with van der Waals surface area (Å²) in [6.07, 6.45) is 3.98. The van der Waals surface area contributed by atoms with E-state index in [2.05, 4.69) is 16.8 Å². The molecule has 0 radical (unpaired) electrons. The smallest absolute Gasteiger partial charge is 0.407 e. The van der Waals surface area contributed by atoms with Gasteiger partial charge in [0.2, 0.25) is 0 Å². The molecule has 0 saturated carbocycles. The molecule has 0 spiro atoms. The first kappa shape index (κ1) is 19.5. The number of hydrogen-bond donors (Lipinski definition) is 1. The van der Waals surface area contributed by atoms with Gasteiger partial charge >= 0.3 is 6.09 Å². The van der Waals surface area contributed by atoms with Crippen LogP contribution in [0.4, 0.5) is 10.6 Å². The van der Waals surface area contributed by atoms with E-state index in [1.807, 2.05) is 33.8 Å². The summed E-state index contributed by atoms with van der Waals surface area (Å²) in [7, 11) is 0. The van der Waals surface area contributed by atoms with Crippen molar-refractivity contribution < 1.29 is 9.90 Å². The highest BCUT2D eigenvalue weighted by atomic mass is 16.4. The molecule has 1 N–H and O–H groups in total. The minimum Gasteiger partial charge on any atom is -0.465 e. The van der Waals surface area contributed by atoms with Gasteiger partial charge in [-0.05, 0) is 47.0 Å². The molecule has 1 fully saturated rings. The summed E-state index contributed by atoms with van der Waals surface area (Å²) in [5.41, 5.74) is 0.623. The number of nitrogens with zero attached hydrogens (tertiary/aromatic N) is 4. The zero-order chi connectivity index (χ0) is 18.6. The van der Waals surface area contributed by atoms with Crippen molar-refractivity contribution in [1.82, 2.24) is 14.9 Å². The molecule has 1 amide bonds. The molecule has 2 heterocycles. The SMILES string of the molecule is CCCCc1nc(C)cc(N2CCC(N(C(=O)O)C(C)(C)C)CC2)n1. The molecule has 1 aromatic rings. The van der Waals surface area contributed by atoms with Gasteiger partial charge in [0.15, 0.2) is 0 Å². The molecule has 25 heavy (non-hydrogen) atoms. The van der Waals surface area contributed by atoms with Gasteiger partial charge < -0.3 is 14.9 Å². The van der Waals surface area contributed by atoms with Gasteiger partial charge in [-0.25, -0.2) is 14.8 Å². The van der Waals surface area contributed by atoms with Crippen LogP contribution >= 0.6 is 0 Å². The summed E-state index contributed by atoms with van der Waals surface area (Å²) >= 11 is 0. The van der Waals surface area contributed by atoms with Crippen LogP contribution in [0.25, 0.3) is 0 Å². The van der Waals surface area contributed by atoms with Crippen molar-refractivity contribution in [2.24, 2.45) is 0 Å². The largest absolute Gasteiger partial charge is 0.465 e. The van der Waals surface area contributed by atoms with Crippen molar-refractivity contribution in [3.05, 3.63) is 17.6 Å². The average molecular weight is 348 g/mol. The summed E-state index contributed by atoms with van der Waals surface area (Å²) in [6.45, 7) is 11.7. The van der Waals surface area contributed by atoms with E-state index in [1.165, 1.54) is 0 Å². The maximum atomic E-state index is 11.7. The lowest BCUT2D eigenvalue weighted by molar-refractivity contribution is 0.0616. The van der Waals surface area contributed by atoms with Crippen LogP contribution in [-0.2, 0) is 6.42 Å². The van der Waals surface area contributed by atoms with E-state index >= 15 is 0 Å². The van der Waals surface area contributed by atoms with Crippen molar-refractivity contribution in [3.63, 3.8) is 0 Å². The van der Waals surface area contributed by atoms with Crippen molar-refractivity contribution in [3.8, 4) is 0 Å². The number of aromatic nitrogens is 2. The van der Waals surface area contributed by atoms with E-state index in [1.54, 1.807) is 4.90 Å². The first-order valence-corrected chi connectivity index (χ1v) is 9.34. The Bertz CT molecular complexity index is 590. The van der Waals surface area contributed by atoms with E-state index < -0.39 is 6.09 Å². The van der Waals surface area contributed by atoms with Crippen molar-refractivity contribution in [2.45, 2.75) is 78.3 Å². The van der Waals surface area contributed by atoms with Crippen LogP contribution in [0.1, 0.15) is 64.9 Å². The molecular formula is C19H32N4O2. The third-order valence-corrected chi connectivity index (χ3v) is 4.72. The van der Waals surface area contributed by atoms with Crippen molar-refractivity contribution >= 4 is 11.9 Å². The fourth-order valence-electron chi connectivity index (χ4n) is 3.56. The maximum absolute atomic E-state index is 11.7. The first-order valence-electron chi connectivity index (χ1n) is 9.34. The fourth-order valence-corrected chi connectivity index (χ4v) is 3.56. The number of piperidine rings is 1. The topological polar surface area (TPSA) is 69.6 Å². The molecule has 0 bridgehead atoms. The number of rotatable bonds is 5. The predicted molar refractivity (Wildman–Crippen MR) is 100 cm³/mol. The quantitative estimate of drug-likeness (QED) is 0.874. The molecule has 2 rings (SSSR count). The normalized spacial score (nSPS) is 16.1. The lowest BCUT2D eigenvalue weighted by atomic mass is 9.97. The van der Waals surface area contributed by atoms with Gasteiger partial charge in [-0.15, -0.1) is 0 Å². The number of anilines is 1. The number of carboxylic acid groups (broad SMARTS) is 1. The van der Waals surface area contributed by atoms with E-state index in [9.17, 15) is 9.90 Å². The molecule has 140 valence electrons. The average Bonchev–Trinajstić information content (AvgIpc) is 2.51. The van der Waals surface area contributed by atoms with Crippen LogP contribution in [-0.4, -0.2) is 50.7 Å². The summed E-state index contributed by atoms with van der Waals surface area (Å²) in [4.78, 5) is 24.8. The molecule has 6 heteroatoms. The van der Waals surface area contributed by atoms with Crippen LogP contribution in [0.2, 0.25) is 0 Å². The van der Waals surface area contributed by atoms with Crippen LogP contribution in [0.15, 0.2) is 6.07 Å². The van der Waals surface area contributed by atoms with Gasteiger partial charge in [-0.2, -0.15) is 0 Å². The zero-order valence-corrected chi connectivity index (χ0v) is 16.2. The zero-order valence-electron chi connectivity index (χ0n) is 16.2. The number of aryl methyl sites for hydroxylation is 2. The van der Waals surface area contributed by atoms with Gasteiger partial charge in [0.05, 0.1) is 0 Å². The Kier molecular flexibility index (Phi) is 6.25. The summed E-state index contributed by atoms with van der Waals surface area (Å²) in [6, 6.07) is 2.10. The van der Waals surface area contributed by atoms with Crippen LogP contribution in [0.3, 0.4) is 0 Å². The Morgan fingerprint density at radius 1 is 1.32 bits per heavy atom. The third-order valence-electron chi connectivity index (χ3n) is 4.72. The van der Waals surface area contributed by atoms with Gasteiger partial charge in [-0.1, -0.05) is 13.3 Å². The molecule has 1 aliphatic rings. The van der Waals surface area contributed by atoms with E-state index in [4.69, 9.17) is 4.98 Å². The fraction of sp³-hybridized carbons (Fsp3) is 0.737. The summed E-state index contributed by atoms with van der Waals surface area (Å²) < 4.78 is 0. The molecule has 0 aromatic carbocycles. The second kappa shape index (κ2) is 8.02. The summed E-state index contributed by atoms with van der Waals surface area (Å²) in [5.74, 6) is 1.90. The Hall–Kier alpha value is -1.85. The first-order chi connectivity index (χ1) is 11.7. The van der Waals surface area contributed by atoms with Gasteiger partial charge in [0.1, 0.15) is 11.6 Å². The highest BCUT2D eigenvalue weighted by molar-refractivity contribution is 5.66. The van der Waals surface area contributed by atoms with E-state index in [-0.39, 0.29) is 11.6 Å². The van der Waals surface area contributed by atoms with Crippen molar-refractivity contribution in [2.75, 3.05) is 18.0 Å². The Morgan fingerprint density at radius 3 is 2.48 bits per heavy atom. The standard InChI is InChI=1S/C19H32N4O2/c1-6-7-8-16-20-14(2)13-17(21-16)22-11-9-15(10-12-22)23(18(24)25)19(3,4)5/h13,15H,6-12H2,1-5H3,(H,24,25). The number of hydrogen-bond acceptors (Lipinski definition) is 4. The number of unbranched alkanes of at least 4 members (excludes halogenated alkanes) is 1. The molecule has 1 aliphatic heterocycles. The van der Waals surface area contributed by atoms with Gasteiger partial charge in [0, 0.05) is 42.9 Å². The minimum absolute atomic E-state index is 0.0660. The highest BCUT2D eigenvalue weighted by Crippen LogP contribution is 2.27. The molecule has 0 unspecified atom stereocenters. The second-order valence-corrected chi connectivity index (χ2v) is 7.93. The van der Waals surface area contributed by atoms with E-state index in [0.717, 1.165) is 62.5 Å². The van der Waals surface area contributed by atoms with E-state index in [0.29, 0.717) is 0 Å². The Labute approximate surface area is 151 Å². The third kappa shape index (κ3) is 5.06. The van der Waals surface area contributed by atoms with Crippen molar-refractivity contribution in [1.29, 1.82) is 0 Å². The maximum Gasteiger partial charge on any atom is 0.407 e. The van der Waals surface area contributed by atoms with Crippen LogP contribution in [0.5, 0.6) is 0 Å². The van der Waals surface area contributed by atoms with Gasteiger partial charge in [0.25, 0.3) is 0 Å². The van der Waals surface area contributed by atoms with Gasteiger partial charge in [-0.3, -0.25) is 0 Å². The predicted octanol–water partition coefficient (Wildman–Crippen LogP) is 3.87. The molecule has 6 nitrogen and oxygen atoms in total. The lowest BCUT2D eigenvalue weighted by Crippen LogP contribution is -2.54. The molecule has 0 aliphatic carbocycles. The van der Waals surface area contributed by atoms with Crippen LogP contribution < -0.4 is 4.90 Å². The molecule has 1 aromatic heterocycles. The highest BCUT2D eigenvalue weighted by Gasteiger charge is 2.35. The Morgan fingerprint density at radius 2 is 1.96 bits per heavy atom. The van der Waals surface area contributed by atoms with Crippen LogP contribution in [0, 0.1) is 6.92 Å². The summed E-state index contributed by atoms with van der Waals surface area (Å²) in [5, 5.41) is 9.59. The second-order valence-electron chi connectivity index (χ2n) is 7.93. The minimum atomic E-state index is -0.828. The monoisotopic (exact) mass is 348 g/mol. The molecule has 1 saturated heterocycles. The number of amides is 1. The lowest BCUT2D eigenvalue weighted by Gasteiger charge is -2.43.